The lowest BCUT2D eigenvalue weighted by Gasteiger charge is -2.33. The molecule has 4 rings (SSSR count). The fraction of sp³-hybridized carbons (Fsp3) is 0.316. The van der Waals surface area contributed by atoms with Crippen molar-refractivity contribution in [2.45, 2.75) is 6.54 Å². The zero-order valence-electron chi connectivity index (χ0n) is 15.6. The smallest absolute Gasteiger partial charge is 0.270 e. The van der Waals surface area contributed by atoms with Gasteiger partial charge in [0, 0.05) is 37.8 Å². The van der Waals surface area contributed by atoms with E-state index in [4.69, 9.17) is 4.52 Å². The Hall–Kier alpha value is -3.33. The lowest BCUT2D eigenvalue weighted by molar-refractivity contribution is 0.0941. The first-order chi connectivity index (χ1) is 13.7. The van der Waals surface area contributed by atoms with Crippen LogP contribution in [0.15, 0.2) is 47.2 Å². The van der Waals surface area contributed by atoms with E-state index in [1.54, 1.807) is 6.07 Å². The van der Waals surface area contributed by atoms with Gasteiger partial charge in [0.1, 0.15) is 17.8 Å². The fourth-order valence-corrected chi connectivity index (χ4v) is 2.96. The number of aromatic nitrogens is 4. The molecular formula is C19H21N7O2. The molecule has 1 N–H and O–H groups in total. The maximum atomic E-state index is 12.5. The summed E-state index contributed by atoms with van der Waals surface area (Å²) in [4.78, 5) is 29.6. The number of carbonyl (C=O) groups is 1. The third-order valence-electron chi connectivity index (χ3n) is 4.61. The Morgan fingerprint density at radius 2 is 1.93 bits per heavy atom. The van der Waals surface area contributed by atoms with Crippen LogP contribution >= 0.6 is 0 Å². The normalized spacial score (nSPS) is 14.8. The van der Waals surface area contributed by atoms with Gasteiger partial charge in [-0.15, -0.1) is 0 Å². The number of benzene rings is 1. The second kappa shape index (κ2) is 8.13. The highest BCUT2D eigenvalue weighted by molar-refractivity contribution is 5.92. The first kappa shape index (κ1) is 18.1. The van der Waals surface area contributed by atoms with Gasteiger partial charge in [0.2, 0.25) is 11.7 Å². The highest BCUT2D eigenvalue weighted by Gasteiger charge is 2.18. The van der Waals surface area contributed by atoms with E-state index >= 15 is 0 Å². The van der Waals surface area contributed by atoms with Gasteiger partial charge in [-0.25, -0.2) is 9.97 Å². The molecule has 1 fully saturated rings. The Kier molecular flexibility index (Phi) is 5.24. The van der Waals surface area contributed by atoms with Crippen molar-refractivity contribution in [1.82, 2.24) is 30.3 Å². The zero-order chi connectivity index (χ0) is 19.3. The molecule has 0 aliphatic carbocycles. The topological polar surface area (TPSA) is 100 Å². The molecule has 1 saturated heterocycles. The monoisotopic (exact) mass is 379 g/mol. The standard InChI is InChI=1S/C19H21N7O2/c1-25-7-9-26(10-8-25)16-11-15(21-13-22-16)19(27)20-12-17-23-18(24-28-17)14-5-3-2-4-6-14/h2-6,11,13H,7-10,12H2,1H3,(H,20,27). The van der Waals surface area contributed by atoms with Crippen LogP contribution in [-0.4, -0.2) is 64.1 Å². The lowest BCUT2D eigenvalue weighted by atomic mass is 10.2. The molecule has 2 aromatic heterocycles. The molecule has 0 radical (unpaired) electrons. The second-order valence-electron chi connectivity index (χ2n) is 6.61. The Balaban J connectivity index is 1.38. The van der Waals surface area contributed by atoms with Crippen LogP contribution in [0.25, 0.3) is 11.4 Å². The summed E-state index contributed by atoms with van der Waals surface area (Å²) < 4.78 is 5.21. The predicted octanol–water partition coefficient (Wildman–Crippen LogP) is 1.21. The molecule has 9 heteroatoms. The van der Waals surface area contributed by atoms with Gasteiger partial charge in [-0.3, -0.25) is 4.79 Å². The zero-order valence-corrected chi connectivity index (χ0v) is 15.6. The minimum Gasteiger partial charge on any atom is -0.354 e. The van der Waals surface area contributed by atoms with Crippen molar-refractivity contribution in [1.29, 1.82) is 0 Å². The Labute approximate surface area is 162 Å². The van der Waals surface area contributed by atoms with Gasteiger partial charge in [-0.1, -0.05) is 35.5 Å². The first-order valence-electron chi connectivity index (χ1n) is 9.11. The van der Waals surface area contributed by atoms with Gasteiger partial charge in [0.15, 0.2) is 0 Å². The molecule has 0 bridgehead atoms. The maximum Gasteiger partial charge on any atom is 0.270 e. The molecule has 3 heterocycles. The van der Waals surface area contributed by atoms with Crippen LogP contribution < -0.4 is 10.2 Å². The van der Waals surface area contributed by atoms with Crippen LogP contribution in [0.4, 0.5) is 5.82 Å². The number of nitrogens with zero attached hydrogens (tertiary/aromatic N) is 6. The minimum atomic E-state index is -0.308. The van der Waals surface area contributed by atoms with E-state index in [2.05, 4.69) is 42.3 Å². The number of amides is 1. The van der Waals surface area contributed by atoms with Gasteiger partial charge < -0.3 is 19.6 Å². The highest BCUT2D eigenvalue weighted by atomic mass is 16.5. The third kappa shape index (κ3) is 4.15. The van der Waals surface area contributed by atoms with E-state index in [1.165, 1.54) is 6.33 Å². The molecule has 1 amide bonds. The largest absolute Gasteiger partial charge is 0.354 e. The number of rotatable bonds is 5. The second-order valence-corrected chi connectivity index (χ2v) is 6.61. The number of likely N-dealkylation sites (N-methyl/N-ethyl adjacent to an activating group) is 1. The number of carbonyl (C=O) groups excluding carboxylic acids is 1. The van der Waals surface area contributed by atoms with Crippen LogP contribution in [0, 0.1) is 0 Å². The molecule has 1 aliphatic heterocycles. The van der Waals surface area contributed by atoms with Gasteiger partial charge in [-0.05, 0) is 7.05 Å². The average molecular weight is 379 g/mol. The number of piperazine rings is 1. The van der Waals surface area contributed by atoms with Crippen molar-refractivity contribution in [3.63, 3.8) is 0 Å². The summed E-state index contributed by atoms with van der Waals surface area (Å²) in [6.45, 7) is 3.81. The van der Waals surface area contributed by atoms with Crippen molar-refractivity contribution in [2.24, 2.45) is 0 Å². The first-order valence-corrected chi connectivity index (χ1v) is 9.11. The van der Waals surface area contributed by atoms with Gasteiger partial charge in [-0.2, -0.15) is 4.98 Å². The molecule has 0 saturated carbocycles. The third-order valence-corrected chi connectivity index (χ3v) is 4.61. The van der Waals surface area contributed by atoms with Crippen molar-refractivity contribution >= 4 is 11.7 Å². The van der Waals surface area contributed by atoms with E-state index in [0.29, 0.717) is 17.4 Å². The summed E-state index contributed by atoms with van der Waals surface area (Å²) in [7, 11) is 2.09. The van der Waals surface area contributed by atoms with Crippen molar-refractivity contribution in [3.8, 4) is 11.4 Å². The van der Waals surface area contributed by atoms with Crippen molar-refractivity contribution in [2.75, 3.05) is 38.1 Å². The average Bonchev–Trinajstić information content (AvgIpc) is 3.22. The summed E-state index contributed by atoms with van der Waals surface area (Å²) in [6.07, 6.45) is 1.42. The molecule has 0 spiro atoms. The van der Waals surface area contributed by atoms with Gasteiger partial charge >= 0.3 is 0 Å². The SMILES string of the molecule is CN1CCN(c2cc(C(=O)NCc3nc(-c4ccccc4)no3)ncn2)CC1. The van der Waals surface area contributed by atoms with Crippen molar-refractivity contribution < 1.29 is 9.32 Å². The number of anilines is 1. The van der Waals surface area contributed by atoms with Crippen LogP contribution in [0.3, 0.4) is 0 Å². The quantitative estimate of drug-likeness (QED) is 0.706. The van der Waals surface area contributed by atoms with Gasteiger partial charge in [0.05, 0.1) is 6.54 Å². The number of nitrogens with one attached hydrogen (secondary N) is 1. The Morgan fingerprint density at radius 3 is 2.71 bits per heavy atom. The Morgan fingerprint density at radius 1 is 1.14 bits per heavy atom. The highest BCUT2D eigenvalue weighted by Crippen LogP contribution is 2.15. The van der Waals surface area contributed by atoms with E-state index < -0.39 is 0 Å². The summed E-state index contributed by atoms with van der Waals surface area (Å²) in [6, 6.07) is 11.2. The molecular weight excluding hydrogens is 358 g/mol. The van der Waals surface area contributed by atoms with E-state index in [9.17, 15) is 4.79 Å². The summed E-state index contributed by atoms with van der Waals surface area (Å²) >= 11 is 0. The minimum absolute atomic E-state index is 0.131. The molecule has 144 valence electrons. The van der Waals surface area contributed by atoms with Gasteiger partial charge in [0.25, 0.3) is 5.91 Å². The van der Waals surface area contributed by atoms with Crippen LogP contribution in [-0.2, 0) is 6.54 Å². The molecule has 0 atom stereocenters. The molecule has 28 heavy (non-hydrogen) atoms. The predicted molar refractivity (Wildman–Crippen MR) is 103 cm³/mol. The fourth-order valence-electron chi connectivity index (χ4n) is 2.96. The molecule has 3 aromatic rings. The number of hydrogen-bond donors (Lipinski definition) is 1. The Bertz CT molecular complexity index is 936. The molecule has 9 nitrogen and oxygen atoms in total. The number of hydrogen-bond acceptors (Lipinski definition) is 8. The summed E-state index contributed by atoms with van der Waals surface area (Å²) in [5.41, 5.74) is 1.17. The molecule has 0 unspecified atom stereocenters. The molecule has 1 aliphatic rings. The van der Waals surface area contributed by atoms with E-state index in [1.807, 2.05) is 30.3 Å². The molecule has 1 aromatic carbocycles. The van der Waals surface area contributed by atoms with Crippen LogP contribution in [0.5, 0.6) is 0 Å². The van der Waals surface area contributed by atoms with Crippen molar-refractivity contribution in [3.05, 3.63) is 54.3 Å². The summed E-state index contributed by atoms with van der Waals surface area (Å²) in [5.74, 6) is 1.28. The maximum absolute atomic E-state index is 12.5. The lowest BCUT2D eigenvalue weighted by Crippen LogP contribution is -2.44. The van der Waals surface area contributed by atoms with Crippen LogP contribution in [0.1, 0.15) is 16.4 Å². The van der Waals surface area contributed by atoms with E-state index in [0.717, 1.165) is 37.6 Å². The van der Waals surface area contributed by atoms with Crippen LogP contribution in [0.2, 0.25) is 0 Å². The summed E-state index contributed by atoms with van der Waals surface area (Å²) in [5, 5.41) is 6.71. The van der Waals surface area contributed by atoms with E-state index in [-0.39, 0.29) is 12.5 Å².